The van der Waals surface area contributed by atoms with Crippen LogP contribution in [0.3, 0.4) is 0 Å². The molecule has 0 spiro atoms. The number of hydrogen-bond donors (Lipinski definition) is 1. The Morgan fingerprint density at radius 3 is 2.62 bits per heavy atom. The van der Waals surface area contributed by atoms with Crippen molar-refractivity contribution in [1.29, 1.82) is 0 Å². The number of carbonyl (C=O) groups excluding carboxylic acids is 1. The summed E-state index contributed by atoms with van der Waals surface area (Å²) in [5, 5.41) is 2.98. The van der Waals surface area contributed by atoms with E-state index in [-0.39, 0.29) is 4.90 Å². The maximum absolute atomic E-state index is 12.5. The molecule has 1 aliphatic heterocycles. The molecule has 6 heteroatoms. The van der Waals surface area contributed by atoms with Gasteiger partial charge in [-0.25, -0.2) is 13.2 Å². The van der Waals surface area contributed by atoms with Gasteiger partial charge < -0.3 is 4.74 Å². The highest BCUT2D eigenvalue weighted by molar-refractivity contribution is 7.96. The molecule has 0 aromatic heterocycles. The van der Waals surface area contributed by atoms with Crippen LogP contribution in [0.1, 0.15) is 12.8 Å². The van der Waals surface area contributed by atoms with Crippen molar-refractivity contribution in [2.75, 3.05) is 6.54 Å². The average Bonchev–Trinajstić information content (AvgIpc) is 2.98. The first-order valence-electron chi connectivity index (χ1n) is 6.63. The number of hydrogen-bond acceptors (Lipinski definition) is 5. The lowest BCUT2D eigenvalue weighted by Crippen LogP contribution is -2.29. The Morgan fingerprint density at radius 2 is 2.05 bits per heavy atom. The molecule has 0 saturated carbocycles. The molecule has 1 aliphatic rings. The zero-order chi connectivity index (χ0) is 15.3. The van der Waals surface area contributed by atoms with Crippen LogP contribution in [0, 0.1) is 0 Å². The summed E-state index contributed by atoms with van der Waals surface area (Å²) < 4.78 is 30.2. The second-order valence-electron chi connectivity index (χ2n) is 4.57. The quantitative estimate of drug-likeness (QED) is 0.510. The fourth-order valence-electron chi connectivity index (χ4n) is 2.04. The van der Waals surface area contributed by atoms with Gasteiger partial charge in [0.25, 0.3) is 0 Å². The molecule has 0 bridgehead atoms. The smallest absolute Gasteiger partial charge is 0.351 e. The summed E-state index contributed by atoms with van der Waals surface area (Å²) in [6.45, 7) is 4.21. The number of benzene rings is 1. The summed E-state index contributed by atoms with van der Waals surface area (Å²) in [4.78, 5) is 11.8. The fraction of sp³-hybridized carbons (Fsp3) is 0.267. The maximum Gasteiger partial charge on any atom is 0.351 e. The van der Waals surface area contributed by atoms with Crippen LogP contribution < -0.4 is 5.32 Å². The molecule has 112 valence electrons. The van der Waals surface area contributed by atoms with Crippen LogP contribution in [0.5, 0.6) is 0 Å². The number of allylic oxidation sites excluding steroid dienone is 2. The third-order valence-electron chi connectivity index (χ3n) is 3.08. The van der Waals surface area contributed by atoms with Gasteiger partial charge >= 0.3 is 5.97 Å². The van der Waals surface area contributed by atoms with Gasteiger partial charge in [0.15, 0.2) is 11.1 Å². The molecule has 1 aromatic carbocycles. The number of rotatable bonds is 5. The Kier molecular flexibility index (Phi) is 4.93. The highest BCUT2D eigenvalue weighted by Crippen LogP contribution is 2.21. The number of ether oxygens (including phenoxy) is 1. The molecule has 0 radical (unpaired) electrons. The Labute approximate surface area is 124 Å². The van der Waals surface area contributed by atoms with Gasteiger partial charge in [0, 0.05) is 0 Å². The van der Waals surface area contributed by atoms with Crippen LogP contribution in [0.2, 0.25) is 0 Å². The van der Waals surface area contributed by atoms with E-state index < -0.39 is 26.9 Å². The molecule has 2 rings (SSSR count). The third-order valence-corrected chi connectivity index (χ3v) is 4.85. The first-order valence-corrected chi connectivity index (χ1v) is 8.11. The van der Waals surface area contributed by atoms with Crippen LogP contribution in [-0.4, -0.2) is 27.2 Å². The van der Waals surface area contributed by atoms with Gasteiger partial charge in [0.1, 0.15) is 0 Å². The van der Waals surface area contributed by atoms with Gasteiger partial charge in [-0.1, -0.05) is 30.9 Å². The highest BCUT2D eigenvalue weighted by atomic mass is 32.2. The summed E-state index contributed by atoms with van der Waals surface area (Å²) >= 11 is 0. The van der Waals surface area contributed by atoms with E-state index in [0.29, 0.717) is 6.42 Å². The second kappa shape index (κ2) is 6.69. The van der Waals surface area contributed by atoms with E-state index in [2.05, 4.69) is 11.9 Å². The zero-order valence-corrected chi connectivity index (χ0v) is 12.3. The Morgan fingerprint density at radius 1 is 1.33 bits per heavy atom. The Balaban J connectivity index is 2.28. The highest BCUT2D eigenvalue weighted by Gasteiger charge is 2.30. The molecule has 1 aromatic rings. The van der Waals surface area contributed by atoms with Crippen LogP contribution in [-0.2, 0) is 19.4 Å². The third kappa shape index (κ3) is 3.59. The van der Waals surface area contributed by atoms with Crippen molar-refractivity contribution in [2.24, 2.45) is 0 Å². The van der Waals surface area contributed by atoms with Crippen molar-refractivity contribution in [3.8, 4) is 0 Å². The van der Waals surface area contributed by atoms with Crippen LogP contribution in [0.4, 0.5) is 0 Å². The van der Waals surface area contributed by atoms with E-state index >= 15 is 0 Å². The molecule has 0 aliphatic carbocycles. The number of esters is 1. The topological polar surface area (TPSA) is 72.5 Å². The Bertz CT molecular complexity index is 644. The number of nitrogens with one attached hydrogen (secondary N) is 1. The van der Waals surface area contributed by atoms with Crippen molar-refractivity contribution in [3.05, 3.63) is 54.0 Å². The van der Waals surface area contributed by atoms with E-state index in [1.165, 1.54) is 24.3 Å². The predicted octanol–water partition coefficient (Wildman–Crippen LogP) is 1.78. The lowest BCUT2D eigenvalue weighted by Gasteiger charge is -2.14. The normalized spacial score (nSPS) is 19.2. The molecule has 1 N–H and O–H groups in total. The summed E-state index contributed by atoms with van der Waals surface area (Å²) in [6.07, 6.45) is 3.57. The molecule has 1 atom stereocenters. The van der Waals surface area contributed by atoms with Gasteiger partial charge in [-0.15, -0.1) is 0 Å². The molecule has 1 fully saturated rings. The zero-order valence-electron chi connectivity index (χ0n) is 11.5. The summed E-state index contributed by atoms with van der Waals surface area (Å²) in [6, 6.07) is 7.78. The van der Waals surface area contributed by atoms with Gasteiger partial charge in [0.05, 0.1) is 4.90 Å². The second-order valence-corrected chi connectivity index (χ2v) is 6.49. The SMILES string of the molecule is C=CC=C(C(=O)OC1CCCN1)S(=O)(=O)c1ccccc1. The maximum atomic E-state index is 12.5. The largest absolute Gasteiger partial charge is 0.442 e. The Hall–Kier alpha value is -1.92. The first kappa shape index (κ1) is 15.5. The van der Waals surface area contributed by atoms with Crippen molar-refractivity contribution < 1.29 is 17.9 Å². The fourth-order valence-corrected chi connectivity index (χ4v) is 3.35. The van der Waals surface area contributed by atoms with Gasteiger partial charge in [0.2, 0.25) is 9.84 Å². The van der Waals surface area contributed by atoms with Crippen LogP contribution in [0.25, 0.3) is 0 Å². The lowest BCUT2D eigenvalue weighted by molar-refractivity contribution is -0.144. The summed E-state index contributed by atoms with van der Waals surface area (Å²) in [5.74, 6) is -0.863. The number of carbonyl (C=O) groups is 1. The summed E-state index contributed by atoms with van der Waals surface area (Å²) in [5.41, 5.74) is 0. The minimum absolute atomic E-state index is 0.0504. The van der Waals surface area contributed by atoms with E-state index in [4.69, 9.17) is 4.74 Å². The lowest BCUT2D eigenvalue weighted by atomic mass is 10.4. The molecule has 21 heavy (non-hydrogen) atoms. The standard InChI is InChI=1S/C15H17NO4S/c1-2-7-13(15(17)20-14-10-6-11-16-14)21(18,19)12-8-4-3-5-9-12/h2-5,7-9,14,16H,1,6,10-11H2. The van der Waals surface area contributed by atoms with Crippen LogP contribution >= 0.6 is 0 Å². The van der Waals surface area contributed by atoms with Gasteiger partial charge in [-0.3, -0.25) is 5.32 Å². The van der Waals surface area contributed by atoms with Crippen molar-refractivity contribution in [3.63, 3.8) is 0 Å². The van der Waals surface area contributed by atoms with E-state index in [1.807, 2.05) is 0 Å². The minimum Gasteiger partial charge on any atom is -0.442 e. The minimum atomic E-state index is -3.92. The number of sulfone groups is 1. The molecule has 0 amide bonds. The van der Waals surface area contributed by atoms with Gasteiger partial charge in [-0.05, 0) is 37.6 Å². The monoisotopic (exact) mass is 307 g/mol. The van der Waals surface area contributed by atoms with Crippen molar-refractivity contribution in [2.45, 2.75) is 24.0 Å². The van der Waals surface area contributed by atoms with Crippen molar-refractivity contribution in [1.82, 2.24) is 5.32 Å². The summed E-state index contributed by atoms with van der Waals surface area (Å²) in [7, 11) is -3.92. The van der Waals surface area contributed by atoms with E-state index in [9.17, 15) is 13.2 Å². The molecule has 5 nitrogen and oxygen atoms in total. The molecular formula is C15H17NO4S. The average molecular weight is 307 g/mol. The first-order chi connectivity index (χ1) is 10.1. The van der Waals surface area contributed by atoms with Crippen LogP contribution in [0.15, 0.2) is 58.9 Å². The molecule has 1 heterocycles. The van der Waals surface area contributed by atoms with Gasteiger partial charge in [-0.2, -0.15) is 0 Å². The molecule has 1 unspecified atom stereocenters. The van der Waals surface area contributed by atoms with E-state index in [0.717, 1.165) is 13.0 Å². The molecule has 1 saturated heterocycles. The predicted molar refractivity (Wildman–Crippen MR) is 79.0 cm³/mol. The molecular weight excluding hydrogens is 290 g/mol. The van der Waals surface area contributed by atoms with E-state index in [1.54, 1.807) is 18.2 Å². The van der Waals surface area contributed by atoms with Crippen molar-refractivity contribution >= 4 is 15.8 Å².